The number of hydrogen-bond acceptors (Lipinski definition) is 9. The number of amides is 2. The maximum atomic E-state index is 14.2. The van der Waals surface area contributed by atoms with Gasteiger partial charge in [0, 0.05) is 69.9 Å². The number of aliphatic hydroxyl groups excluding tert-OH is 1. The predicted molar refractivity (Wildman–Crippen MR) is 207 cm³/mol. The molecule has 3 N–H and O–H groups in total. The van der Waals surface area contributed by atoms with Crippen LogP contribution in [0, 0.1) is 50.0 Å². The fourth-order valence-corrected chi connectivity index (χ4v) is 9.21. The number of likely N-dealkylation sites (tertiary alicyclic amines) is 1. The maximum Gasteiger partial charge on any atom is 1.00 e. The van der Waals surface area contributed by atoms with Crippen LogP contribution in [0.2, 0.25) is 0 Å². The summed E-state index contributed by atoms with van der Waals surface area (Å²) >= 11 is 6.37. The molecule has 290 valence electrons. The van der Waals surface area contributed by atoms with Crippen LogP contribution in [0.4, 0.5) is 5.82 Å². The fraction of sp³-hybridized carbons (Fsp3) is 0.700. The number of allylic oxidation sites excluding steroid dienone is 4. The number of halogens is 1. The van der Waals surface area contributed by atoms with Crippen molar-refractivity contribution in [1.82, 2.24) is 29.6 Å². The summed E-state index contributed by atoms with van der Waals surface area (Å²) in [5.74, 6) is 2.20. The molecule has 0 bridgehead atoms. The van der Waals surface area contributed by atoms with Crippen molar-refractivity contribution in [1.29, 1.82) is 0 Å². The van der Waals surface area contributed by atoms with Gasteiger partial charge in [0.25, 0.3) is 0 Å². The molecule has 3 saturated heterocycles. The van der Waals surface area contributed by atoms with Gasteiger partial charge in [0.05, 0.1) is 6.04 Å². The third kappa shape index (κ3) is 11.5. The zero-order valence-electron chi connectivity index (χ0n) is 32.5. The molecule has 5 atom stereocenters. The van der Waals surface area contributed by atoms with Crippen molar-refractivity contribution in [3.8, 4) is 0 Å². The van der Waals surface area contributed by atoms with E-state index in [2.05, 4.69) is 56.7 Å². The zero-order chi connectivity index (χ0) is 35.9. The maximum absolute atomic E-state index is 14.2. The molecule has 4 heterocycles. The van der Waals surface area contributed by atoms with Gasteiger partial charge >= 0.3 is 18.9 Å². The number of aliphatic hydroxyl groups is 1. The fourth-order valence-electron chi connectivity index (χ4n) is 8.94. The van der Waals surface area contributed by atoms with Crippen LogP contribution in [-0.4, -0.2) is 131 Å². The largest absolute Gasteiger partial charge is 1.00 e. The number of carbonyl (C=O) groups is 2. The van der Waals surface area contributed by atoms with Crippen molar-refractivity contribution in [2.24, 2.45) is 35.3 Å². The van der Waals surface area contributed by atoms with E-state index < -0.39 is 6.10 Å². The first-order chi connectivity index (χ1) is 24.7. The van der Waals surface area contributed by atoms with Gasteiger partial charge in [0.1, 0.15) is 6.33 Å². The van der Waals surface area contributed by atoms with Gasteiger partial charge in [-0.1, -0.05) is 61.9 Å². The summed E-state index contributed by atoms with van der Waals surface area (Å²) in [6, 6.07) is 2.75. The molecular weight excluding hydrogens is 683 g/mol. The van der Waals surface area contributed by atoms with Crippen LogP contribution in [0.1, 0.15) is 70.1 Å². The van der Waals surface area contributed by atoms with Crippen molar-refractivity contribution in [3.63, 3.8) is 0 Å². The predicted octanol–water partition coefficient (Wildman–Crippen LogP) is 0.962. The number of piperidine rings is 1. The van der Waals surface area contributed by atoms with E-state index in [0.717, 1.165) is 89.5 Å². The average molecular weight is 745 g/mol. The van der Waals surface area contributed by atoms with Crippen LogP contribution in [0.5, 0.6) is 0 Å². The van der Waals surface area contributed by atoms with Crippen LogP contribution in [0.3, 0.4) is 0 Å². The van der Waals surface area contributed by atoms with Gasteiger partial charge in [-0.3, -0.25) is 24.5 Å². The van der Waals surface area contributed by atoms with Gasteiger partial charge in [-0.2, -0.15) is 0 Å². The van der Waals surface area contributed by atoms with E-state index in [9.17, 15) is 14.7 Å². The number of nitrogens with two attached hydrogens (primary N) is 1. The Kier molecular flexibility index (Phi) is 17.2. The Morgan fingerprint density at radius 1 is 0.943 bits per heavy atom. The van der Waals surface area contributed by atoms with E-state index in [4.69, 9.17) is 17.3 Å². The van der Waals surface area contributed by atoms with Gasteiger partial charge in [-0.15, -0.1) is 5.69 Å². The van der Waals surface area contributed by atoms with Gasteiger partial charge in [-0.05, 0) is 81.5 Å². The van der Waals surface area contributed by atoms with Crippen molar-refractivity contribution in [3.05, 3.63) is 55.7 Å². The van der Waals surface area contributed by atoms with E-state index in [1.54, 1.807) is 0 Å². The molecule has 2 aliphatic carbocycles. The summed E-state index contributed by atoms with van der Waals surface area (Å²) in [4.78, 5) is 47.0. The van der Waals surface area contributed by atoms with Gasteiger partial charge in [-0.25, -0.2) is 0 Å². The van der Waals surface area contributed by atoms with Crippen molar-refractivity contribution in [2.75, 3.05) is 83.4 Å². The van der Waals surface area contributed by atoms with E-state index in [0.29, 0.717) is 49.5 Å². The topological polar surface area (TPSA) is 122 Å². The number of nitrogens with zero attached hydrogens (tertiary/aromatic N) is 7. The molecule has 4 fully saturated rings. The van der Waals surface area contributed by atoms with Crippen molar-refractivity contribution >= 4 is 29.2 Å². The molecule has 0 aromatic carbocycles. The number of anilines is 1. The Labute approximate surface area is 335 Å². The molecule has 0 radical (unpaired) electrons. The van der Waals surface area contributed by atoms with Crippen molar-refractivity contribution in [2.45, 2.75) is 70.4 Å². The number of hydrogen-bond donors (Lipinski definition) is 2. The monoisotopic (exact) mass is 744 g/mol. The number of rotatable bonds is 11. The second-order valence-electron chi connectivity index (χ2n) is 15.6. The molecule has 1 aromatic rings. The molecule has 13 heteroatoms. The molecule has 2 amide bonds. The molecule has 3 aliphatic heterocycles. The molecule has 11 nitrogen and oxygen atoms in total. The van der Waals surface area contributed by atoms with Crippen molar-refractivity contribution < 1.29 is 33.6 Å². The number of carbonyl (C=O) groups excluding carboxylic acids is 2. The van der Waals surface area contributed by atoms with Crippen LogP contribution in [0.25, 0.3) is 0 Å². The summed E-state index contributed by atoms with van der Waals surface area (Å²) in [6.07, 6.45) is 15.7. The average Bonchev–Trinajstić information content (AvgIpc) is 3.16. The first-order valence-electron chi connectivity index (χ1n) is 19.5. The Hall–Kier alpha value is -1.97. The number of piperazine rings is 2. The number of aromatic nitrogens is 2. The molecule has 1 saturated carbocycles. The van der Waals surface area contributed by atoms with E-state index in [1.807, 2.05) is 15.9 Å². The van der Waals surface area contributed by atoms with Crippen LogP contribution in [0.15, 0.2) is 29.6 Å². The quantitative estimate of drug-likeness (QED) is 0.252. The first-order valence-corrected chi connectivity index (χ1v) is 19.9. The normalized spacial score (nSPS) is 25.5. The molecule has 1 aromatic heterocycles. The summed E-state index contributed by atoms with van der Waals surface area (Å²) in [7, 11) is 0. The first kappa shape index (κ1) is 43.8. The standard InChI is InChI=1S/C39H59ClN8O3.CH3.Li/c1-28-24-32(40)8-9-33(28)34(38(50)47-22-20-46(21-23-47)36-25-35(29(2)49)42-27-43-36)12-15-44-13-10-30(11-14-44)26-45-16-18-48(19-17-45)39(51)37(41)31-6-4-3-5-7-31;;/h8-9,24,27-31,33-34,37,49H,2-7,10-23,26,41H2,1H3;1H3;/q-2;-1;+1/t28?,29-,33?,34-,37-;;/m1../s1. The molecule has 0 spiro atoms. The summed E-state index contributed by atoms with van der Waals surface area (Å²) < 4.78 is 0. The molecular formula is C40H62ClLiN8O3-2. The SMILES string of the molecule is [CH2-][C@@H](O)c1[c-]c(N2CCN(C(=O)[C@H](CCN3CCC(CN4CCN(C(=O)[C@H](N)C5CCCCC5)CC4)CC3)C3C=CC(Cl)=CC3C)CC2)ncn1.[CH3-].[Li+]. The van der Waals surface area contributed by atoms with Gasteiger partial charge in [0.15, 0.2) is 0 Å². The minimum Gasteiger partial charge on any atom is -0.422 e. The van der Waals surface area contributed by atoms with E-state index in [1.165, 1.54) is 25.6 Å². The Balaban J connectivity index is 0.00000314. The van der Waals surface area contributed by atoms with E-state index in [-0.39, 0.29) is 61.9 Å². The third-order valence-electron chi connectivity index (χ3n) is 12.2. The van der Waals surface area contributed by atoms with Crippen LogP contribution >= 0.6 is 11.6 Å². The Morgan fingerprint density at radius 2 is 1.58 bits per heavy atom. The van der Waals surface area contributed by atoms with Gasteiger partial charge in [0.2, 0.25) is 11.8 Å². The molecule has 53 heavy (non-hydrogen) atoms. The molecule has 5 aliphatic rings. The smallest absolute Gasteiger partial charge is 0.422 e. The molecule has 6 rings (SSSR count). The minimum absolute atomic E-state index is 0. The third-order valence-corrected chi connectivity index (χ3v) is 12.5. The van der Waals surface area contributed by atoms with Gasteiger partial charge < -0.3 is 50.9 Å². The zero-order valence-corrected chi connectivity index (χ0v) is 33.3. The van der Waals surface area contributed by atoms with Crippen LogP contribution < -0.4 is 29.5 Å². The Bertz CT molecular complexity index is 1370. The summed E-state index contributed by atoms with van der Waals surface area (Å²) in [5.41, 5.74) is 6.82. The van der Waals surface area contributed by atoms with E-state index >= 15 is 0 Å². The molecule has 2 unspecified atom stereocenters. The summed E-state index contributed by atoms with van der Waals surface area (Å²) in [5, 5.41) is 10.6. The van der Waals surface area contributed by atoms with Crippen LogP contribution in [-0.2, 0) is 9.59 Å². The summed E-state index contributed by atoms with van der Waals surface area (Å²) in [6.45, 7) is 15.9. The Morgan fingerprint density at radius 3 is 2.23 bits per heavy atom. The second kappa shape index (κ2) is 20.8. The minimum atomic E-state index is -0.955. The second-order valence-corrected chi connectivity index (χ2v) is 16.0.